The largest absolute Gasteiger partial charge is 0.380 e. The monoisotopic (exact) mass is 448 g/mol. The lowest BCUT2D eigenvalue weighted by Gasteiger charge is -2.21. The van der Waals surface area contributed by atoms with Gasteiger partial charge in [0.1, 0.15) is 5.78 Å². The number of ether oxygens (including phenoxy) is 1. The van der Waals surface area contributed by atoms with E-state index in [1.165, 1.54) is 0 Å². The normalized spacial score (nSPS) is 11.2. The topological polar surface area (TPSA) is 54.0 Å². The van der Waals surface area contributed by atoms with E-state index in [0.29, 0.717) is 39.5 Å². The van der Waals surface area contributed by atoms with Crippen LogP contribution in [0.2, 0.25) is 0 Å². The lowest BCUT2D eigenvalue weighted by atomic mass is 9.90. The van der Waals surface area contributed by atoms with E-state index in [1.807, 2.05) is 88.4 Å². The van der Waals surface area contributed by atoms with Gasteiger partial charge >= 0.3 is 8.60 Å². The van der Waals surface area contributed by atoms with Crippen LogP contribution in [-0.2, 0) is 36.3 Å². The van der Waals surface area contributed by atoms with E-state index in [0.717, 1.165) is 11.1 Å². The Morgan fingerprint density at radius 2 is 1.29 bits per heavy atom. The Balaban J connectivity index is 0.00000233. The molecule has 0 bridgehead atoms. The summed E-state index contributed by atoms with van der Waals surface area (Å²) in [5, 5.41) is 0. The van der Waals surface area contributed by atoms with Gasteiger partial charge in [-0.3, -0.25) is 4.79 Å². The molecular formula is C25H37O5P. The highest BCUT2D eigenvalue weighted by Gasteiger charge is 2.23. The molecule has 0 N–H and O–H groups in total. The van der Waals surface area contributed by atoms with Gasteiger partial charge in [0.05, 0.1) is 26.4 Å². The van der Waals surface area contributed by atoms with Crippen molar-refractivity contribution in [2.45, 2.75) is 54.3 Å². The number of carbonyl (C=O) groups is 1. The van der Waals surface area contributed by atoms with Crippen LogP contribution < -0.4 is 0 Å². The molecule has 0 aliphatic heterocycles. The van der Waals surface area contributed by atoms with Crippen LogP contribution in [0.15, 0.2) is 60.7 Å². The maximum Gasteiger partial charge on any atom is 0.333 e. The highest BCUT2D eigenvalue weighted by atomic mass is 31.2. The molecule has 0 aliphatic carbocycles. The first kappa shape index (κ1) is 27.4. The molecule has 0 heterocycles. The summed E-state index contributed by atoms with van der Waals surface area (Å²) in [7, 11) is -1.47. The van der Waals surface area contributed by atoms with E-state index in [-0.39, 0.29) is 5.78 Å². The van der Waals surface area contributed by atoms with Gasteiger partial charge in [-0.25, -0.2) is 0 Å². The molecule has 0 saturated carbocycles. The summed E-state index contributed by atoms with van der Waals surface area (Å²) >= 11 is 0. The van der Waals surface area contributed by atoms with Crippen molar-refractivity contribution in [3.63, 3.8) is 0 Å². The second-order valence-corrected chi connectivity index (χ2v) is 8.64. The zero-order valence-corrected chi connectivity index (χ0v) is 20.4. The van der Waals surface area contributed by atoms with E-state index in [2.05, 4.69) is 0 Å². The van der Waals surface area contributed by atoms with Crippen molar-refractivity contribution in [1.82, 2.24) is 0 Å². The van der Waals surface area contributed by atoms with Gasteiger partial charge in [-0.15, -0.1) is 0 Å². The van der Waals surface area contributed by atoms with Gasteiger partial charge in [-0.05, 0) is 24.5 Å². The zero-order chi connectivity index (χ0) is 23.0. The molecule has 2 aromatic carbocycles. The number of hydrogen-bond donors (Lipinski definition) is 0. The third-order valence-electron chi connectivity index (χ3n) is 4.40. The fraction of sp³-hybridized carbons (Fsp3) is 0.480. The lowest BCUT2D eigenvalue weighted by molar-refractivity contribution is -0.128. The van der Waals surface area contributed by atoms with Crippen molar-refractivity contribution in [3.05, 3.63) is 71.8 Å². The molecule has 31 heavy (non-hydrogen) atoms. The van der Waals surface area contributed by atoms with Crippen molar-refractivity contribution in [3.8, 4) is 0 Å². The maximum absolute atomic E-state index is 11.5. The Bertz CT molecular complexity index is 663. The number of rotatable bonds is 14. The Morgan fingerprint density at radius 1 is 0.806 bits per heavy atom. The minimum absolute atomic E-state index is 0.126. The third kappa shape index (κ3) is 12.1. The summed E-state index contributed by atoms with van der Waals surface area (Å²) in [4.78, 5) is 11.5. The second-order valence-electron chi connectivity index (χ2n) is 7.42. The highest BCUT2D eigenvalue weighted by molar-refractivity contribution is 7.41. The summed E-state index contributed by atoms with van der Waals surface area (Å²) in [6.45, 7) is 11.6. The van der Waals surface area contributed by atoms with Crippen LogP contribution in [0.3, 0.4) is 0 Å². The molecule has 5 nitrogen and oxygen atoms in total. The minimum atomic E-state index is -1.47. The fourth-order valence-electron chi connectivity index (χ4n) is 2.24. The molecule has 0 unspecified atom stereocenters. The Kier molecular flexibility index (Phi) is 14.2. The molecule has 2 rings (SSSR count). The molecule has 0 radical (unpaired) electrons. The number of Topliss-reactive ketones (excluding diaryl/α,β-unsaturated/α-hetero) is 1. The molecule has 6 heteroatoms. The lowest BCUT2D eigenvalue weighted by Crippen LogP contribution is -2.27. The molecule has 0 amide bonds. The van der Waals surface area contributed by atoms with Gasteiger partial charge in [0.25, 0.3) is 0 Å². The molecule has 172 valence electrons. The van der Waals surface area contributed by atoms with Gasteiger partial charge in [0, 0.05) is 12.0 Å². The fourth-order valence-corrected chi connectivity index (χ4v) is 3.25. The number of ketones is 1. The van der Waals surface area contributed by atoms with Crippen molar-refractivity contribution in [1.29, 1.82) is 0 Å². The average molecular weight is 449 g/mol. The van der Waals surface area contributed by atoms with Gasteiger partial charge in [0.2, 0.25) is 0 Å². The molecule has 2 aromatic rings. The summed E-state index contributed by atoms with van der Waals surface area (Å²) in [5.74, 6) is 0.126. The van der Waals surface area contributed by atoms with Crippen molar-refractivity contribution in [2.24, 2.45) is 5.41 Å². The van der Waals surface area contributed by atoms with Gasteiger partial charge < -0.3 is 18.3 Å². The first-order valence-electron chi connectivity index (χ1n) is 10.8. The second kappa shape index (κ2) is 16.1. The summed E-state index contributed by atoms with van der Waals surface area (Å²) in [5.41, 5.74) is 1.69. The molecule has 0 aliphatic rings. The third-order valence-corrected chi connectivity index (χ3v) is 5.48. The molecule has 0 aromatic heterocycles. The Morgan fingerprint density at radius 3 is 1.74 bits per heavy atom. The predicted octanol–water partition coefficient (Wildman–Crippen LogP) is 6.71. The van der Waals surface area contributed by atoms with Crippen LogP contribution in [0.25, 0.3) is 0 Å². The first-order valence-corrected chi connectivity index (χ1v) is 11.9. The standard InChI is InChI=1S/C23H31O5P.C2H6/c1-20(24)23(2,3)19-25-15-10-16-26-29(27-17-21-11-6-4-7-12-21)28-18-22-13-8-5-9-14-22;1-2/h4-9,11-14H,10,15-19H2,1-3H3;1-2H3. The number of benzene rings is 2. The van der Waals surface area contributed by atoms with Crippen molar-refractivity contribution in [2.75, 3.05) is 19.8 Å². The number of hydrogen-bond acceptors (Lipinski definition) is 5. The van der Waals surface area contributed by atoms with E-state index in [4.69, 9.17) is 18.3 Å². The SMILES string of the molecule is CC.CC(=O)C(C)(C)COCCCOP(OCc1ccccc1)OCc1ccccc1. The van der Waals surface area contributed by atoms with E-state index >= 15 is 0 Å². The summed E-state index contributed by atoms with van der Waals surface area (Å²) in [6.07, 6.45) is 0.705. The summed E-state index contributed by atoms with van der Waals surface area (Å²) in [6, 6.07) is 19.9. The number of carbonyl (C=O) groups excluding carboxylic acids is 1. The molecule has 0 fully saturated rings. The molecule has 0 saturated heterocycles. The molecule has 0 spiro atoms. The molecule has 0 atom stereocenters. The van der Waals surface area contributed by atoms with E-state index in [1.54, 1.807) is 6.92 Å². The van der Waals surface area contributed by atoms with Crippen LogP contribution in [0.1, 0.15) is 52.2 Å². The maximum atomic E-state index is 11.5. The van der Waals surface area contributed by atoms with Crippen LogP contribution in [0, 0.1) is 5.41 Å². The average Bonchev–Trinajstić information content (AvgIpc) is 2.80. The van der Waals surface area contributed by atoms with E-state index in [9.17, 15) is 4.79 Å². The molecular weight excluding hydrogens is 411 g/mol. The van der Waals surface area contributed by atoms with Crippen molar-refractivity contribution < 1.29 is 23.1 Å². The predicted molar refractivity (Wildman–Crippen MR) is 127 cm³/mol. The summed E-state index contributed by atoms with van der Waals surface area (Å²) < 4.78 is 23.2. The van der Waals surface area contributed by atoms with Gasteiger partial charge in [-0.2, -0.15) is 0 Å². The smallest absolute Gasteiger partial charge is 0.333 e. The minimum Gasteiger partial charge on any atom is -0.380 e. The van der Waals surface area contributed by atoms with Gasteiger partial charge in [-0.1, -0.05) is 88.4 Å². The Labute approximate surface area is 189 Å². The van der Waals surface area contributed by atoms with Crippen LogP contribution >= 0.6 is 8.60 Å². The van der Waals surface area contributed by atoms with Crippen LogP contribution in [0.5, 0.6) is 0 Å². The zero-order valence-electron chi connectivity index (χ0n) is 19.5. The van der Waals surface area contributed by atoms with Gasteiger partial charge in [0.15, 0.2) is 0 Å². The first-order chi connectivity index (χ1) is 15.0. The quantitative estimate of drug-likeness (QED) is 0.237. The van der Waals surface area contributed by atoms with Crippen LogP contribution in [0.4, 0.5) is 0 Å². The Hall–Kier alpha value is -1.62. The van der Waals surface area contributed by atoms with Crippen LogP contribution in [-0.4, -0.2) is 25.6 Å². The highest BCUT2D eigenvalue weighted by Crippen LogP contribution is 2.41. The van der Waals surface area contributed by atoms with Crippen molar-refractivity contribution >= 4 is 14.4 Å². The van der Waals surface area contributed by atoms with E-state index < -0.39 is 14.0 Å².